The van der Waals surface area contributed by atoms with E-state index in [2.05, 4.69) is 31.2 Å². The average molecular weight is 698 g/mol. The maximum Gasteiger partial charge on any atom is 0.408 e. The predicted molar refractivity (Wildman–Crippen MR) is 171 cm³/mol. The van der Waals surface area contributed by atoms with Crippen molar-refractivity contribution >= 4 is 56.7 Å². The number of carbonyl (C=O) groups is 2. The Morgan fingerprint density at radius 1 is 1.13 bits per heavy atom. The minimum Gasteiger partial charge on any atom is -0.461 e. The van der Waals surface area contributed by atoms with Gasteiger partial charge < -0.3 is 30.0 Å². The Morgan fingerprint density at radius 3 is 2.56 bits per heavy atom. The Labute approximate surface area is 272 Å². The zero-order valence-corrected chi connectivity index (χ0v) is 27.4. The fourth-order valence-corrected chi connectivity index (χ4v) is 6.68. The molecule has 1 saturated carbocycles. The number of esters is 1. The Kier molecular flexibility index (Phi) is 8.78. The number of ether oxygens (including phenoxy) is 4. The van der Waals surface area contributed by atoms with Gasteiger partial charge in [0, 0.05) is 21.5 Å². The predicted octanol–water partition coefficient (Wildman–Crippen LogP) is 5.96. The number of imidazole rings is 1. The van der Waals surface area contributed by atoms with Crippen molar-refractivity contribution in [3.63, 3.8) is 0 Å². The monoisotopic (exact) mass is 696 g/mol. The summed E-state index contributed by atoms with van der Waals surface area (Å²) < 4.78 is 25.0. The van der Waals surface area contributed by atoms with Gasteiger partial charge in [-0.2, -0.15) is 0 Å². The molecule has 1 amide bonds. The number of anilines is 1. The van der Waals surface area contributed by atoms with Crippen LogP contribution in [0.2, 0.25) is 0 Å². The second-order valence-corrected chi connectivity index (χ2v) is 13.7. The molecule has 12 nitrogen and oxygen atoms in total. The van der Waals surface area contributed by atoms with Gasteiger partial charge in [0.25, 0.3) is 0 Å². The lowest BCUT2D eigenvalue weighted by Crippen LogP contribution is -2.46. The number of carbonyl (C=O) groups excluding carboxylic acids is 2. The Bertz CT molecular complexity index is 1740. The van der Waals surface area contributed by atoms with Gasteiger partial charge in [0.1, 0.15) is 24.1 Å². The van der Waals surface area contributed by atoms with Crippen LogP contribution in [-0.4, -0.2) is 56.1 Å². The van der Waals surface area contributed by atoms with E-state index in [1.165, 1.54) is 18.1 Å². The third-order valence-corrected chi connectivity index (χ3v) is 9.20. The average Bonchev–Trinajstić information content (AvgIpc) is 3.73. The van der Waals surface area contributed by atoms with E-state index in [0.29, 0.717) is 27.8 Å². The van der Waals surface area contributed by atoms with Gasteiger partial charge in [0.2, 0.25) is 6.79 Å². The summed E-state index contributed by atoms with van der Waals surface area (Å²) in [5.74, 6) is 1.10. The van der Waals surface area contributed by atoms with Crippen LogP contribution in [0.15, 0.2) is 57.3 Å². The second kappa shape index (κ2) is 12.8. The minimum absolute atomic E-state index is 0.132. The second-order valence-electron chi connectivity index (χ2n) is 11.8. The number of alkyl carbamates (subject to hydrolysis) is 1. The number of nitrogen functional groups attached to an aromatic ring is 1. The zero-order valence-electron chi connectivity index (χ0n) is 25.0. The molecule has 0 radical (unpaired) electrons. The maximum atomic E-state index is 13.2. The minimum atomic E-state index is -0.914. The van der Waals surface area contributed by atoms with Crippen LogP contribution in [0.1, 0.15) is 52.0 Å². The molecule has 4 aromatic rings. The van der Waals surface area contributed by atoms with Crippen LogP contribution in [0, 0.1) is 0 Å². The van der Waals surface area contributed by atoms with E-state index in [1.54, 1.807) is 20.8 Å². The molecule has 45 heavy (non-hydrogen) atoms. The molecule has 1 aliphatic heterocycles. The van der Waals surface area contributed by atoms with Crippen molar-refractivity contribution < 1.29 is 28.5 Å². The molecule has 0 unspecified atom stereocenters. The van der Waals surface area contributed by atoms with E-state index >= 15 is 0 Å². The first-order chi connectivity index (χ1) is 21.5. The van der Waals surface area contributed by atoms with Crippen LogP contribution in [-0.2, 0) is 20.7 Å². The number of fused-ring (bicyclic) bond motifs is 2. The van der Waals surface area contributed by atoms with Gasteiger partial charge in [-0.3, -0.25) is 4.57 Å². The van der Waals surface area contributed by atoms with Gasteiger partial charge in [-0.25, -0.2) is 24.5 Å². The largest absolute Gasteiger partial charge is 0.461 e. The number of hydrogen-bond acceptors (Lipinski definition) is 11. The van der Waals surface area contributed by atoms with Crippen molar-refractivity contribution in [2.24, 2.45) is 0 Å². The molecule has 14 heteroatoms. The molecule has 0 saturated heterocycles. The summed E-state index contributed by atoms with van der Waals surface area (Å²) in [6.07, 6.45) is 4.52. The smallest absolute Gasteiger partial charge is 0.408 e. The van der Waals surface area contributed by atoms with E-state index < -0.39 is 23.7 Å². The van der Waals surface area contributed by atoms with Crippen molar-refractivity contribution in [1.82, 2.24) is 24.8 Å². The fraction of sp³-hybridized carbons (Fsp3) is 0.387. The van der Waals surface area contributed by atoms with Crippen LogP contribution >= 0.6 is 27.7 Å². The number of rotatable bonds is 8. The number of amides is 1. The summed E-state index contributed by atoms with van der Waals surface area (Å²) >= 11 is 5.03. The van der Waals surface area contributed by atoms with E-state index in [0.717, 1.165) is 46.3 Å². The summed E-state index contributed by atoms with van der Waals surface area (Å²) in [4.78, 5) is 40.1. The number of nitrogens with two attached hydrogens (primary N) is 1. The molecular formula is C31H33BrN6O6S. The highest BCUT2D eigenvalue weighted by atomic mass is 79.9. The summed E-state index contributed by atoms with van der Waals surface area (Å²) in [6, 6.07) is 10.4. The lowest BCUT2D eigenvalue weighted by Gasteiger charge is -2.24. The molecule has 2 aliphatic rings. The number of hydrogen-bond donors (Lipinski definition) is 2. The molecule has 0 bridgehead atoms. The highest BCUT2D eigenvalue weighted by Crippen LogP contribution is 2.43. The van der Waals surface area contributed by atoms with Gasteiger partial charge in [-0.15, -0.1) is 0 Å². The number of nitrogens with zero attached hydrogens (tertiary/aromatic N) is 4. The lowest BCUT2D eigenvalue weighted by molar-refractivity contribution is -0.151. The van der Waals surface area contributed by atoms with Crippen molar-refractivity contribution in [2.75, 3.05) is 12.5 Å². The SMILES string of the molecule is CC(C)(C)OC(=O)N[C@@H](Cc1ccc(-n2c(Sc3cc4c(cc3Br)OCO4)nc3c(N)ncnc32)cc1)C(=O)OC1CCCC1. The van der Waals surface area contributed by atoms with Crippen LogP contribution in [0.3, 0.4) is 0 Å². The van der Waals surface area contributed by atoms with Crippen molar-refractivity contribution in [3.8, 4) is 17.2 Å². The topological polar surface area (TPSA) is 153 Å². The normalized spacial score (nSPS) is 15.3. The van der Waals surface area contributed by atoms with E-state index in [4.69, 9.17) is 29.7 Å². The molecule has 1 aliphatic carbocycles. The van der Waals surface area contributed by atoms with Gasteiger partial charge in [-0.1, -0.05) is 12.1 Å². The molecule has 1 atom stereocenters. The summed E-state index contributed by atoms with van der Waals surface area (Å²) in [5.41, 5.74) is 8.07. The highest BCUT2D eigenvalue weighted by molar-refractivity contribution is 9.10. The zero-order chi connectivity index (χ0) is 31.7. The molecule has 1 fully saturated rings. The van der Waals surface area contributed by atoms with E-state index in [1.807, 2.05) is 41.0 Å². The Balaban J connectivity index is 1.28. The molecule has 3 heterocycles. The van der Waals surface area contributed by atoms with Crippen LogP contribution < -0.4 is 20.5 Å². The number of nitrogens with one attached hydrogen (secondary N) is 1. The standard InChI is InChI=1S/C31H33BrN6O6S/c1-31(2,3)44-30(40)36-21(28(39)43-19-6-4-5-7-19)12-17-8-10-18(11-9-17)38-27-25(26(33)34-15-35-27)37-29(38)45-24-14-23-22(13-20(24)32)41-16-42-23/h8-11,13-15,19,21H,4-7,12,16H2,1-3H3,(H,36,40)(H2,33,34,35)/t21-/m0/s1. The maximum absolute atomic E-state index is 13.2. The first-order valence-corrected chi connectivity index (χ1v) is 16.2. The number of benzene rings is 2. The first-order valence-electron chi connectivity index (χ1n) is 14.6. The summed E-state index contributed by atoms with van der Waals surface area (Å²) in [7, 11) is 0. The van der Waals surface area contributed by atoms with Crippen LogP contribution in [0.25, 0.3) is 16.9 Å². The molecule has 236 valence electrons. The van der Waals surface area contributed by atoms with Gasteiger partial charge in [0.05, 0.1) is 0 Å². The van der Waals surface area contributed by atoms with E-state index in [-0.39, 0.29) is 25.1 Å². The van der Waals surface area contributed by atoms with Gasteiger partial charge in [-0.05, 0) is 104 Å². The molecule has 2 aromatic heterocycles. The summed E-state index contributed by atoms with van der Waals surface area (Å²) in [6.45, 7) is 5.48. The number of halogens is 1. The third kappa shape index (κ3) is 7.12. The Hall–Kier alpha value is -4.04. The molecular weight excluding hydrogens is 664 g/mol. The first kappa shape index (κ1) is 31.0. The van der Waals surface area contributed by atoms with Crippen molar-refractivity contribution in [1.29, 1.82) is 0 Å². The van der Waals surface area contributed by atoms with Gasteiger partial charge >= 0.3 is 12.1 Å². The molecule has 3 N–H and O–H groups in total. The fourth-order valence-electron chi connectivity index (χ4n) is 5.18. The molecule has 6 rings (SSSR count). The molecule has 2 aromatic carbocycles. The van der Waals surface area contributed by atoms with E-state index in [9.17, 15) is 9.59 Å². The van der Waals surface area contributed by atoms with Crippen molar-refractivity contribution in [2.45, 2.75) is 80.7 Å². The van der Waals surface area contributed by atoms with Crippen LogP contribution in [0.4, 0.5) is 10.6 Å². The van der Waals surface area contributed by atoms with Gasteiger partial charge in [0.15, 0.2) is 33.6 Å². The quantitative estimate of drug-likeness (QED) is 0.210. The highest BCUT2D eigenvalue weighted by Gasteiger charge is 2.29. The Morgan fingerprint density at radius 2 is 1.84 bits per heavy atom. The number of aromatic nitrogens is 4. The van der Waals surface area contributed by atoms with Crippen molar-refractivity contribution in [3.05, 3.63) is 52.8 Å². The summed E-state index contributed by atoms with van der Waals surface area (Å²) in [5, 5.41) is 3.32. The lowest BCUT2D eigenvalue weighted by atomic mass is 10.1. The third-order valence-electron chi connectivity index (χ3n) is 7.27. The molecule has 0 spiro atoms. The van der Waals surface area contributed by atoms with Crippen LogP contribution in [0.5, 0.6) is 11.5 Å².